The molecule has 18 heavy (non-hydrogen) atoms. The summed E-state index contributed by atoms with van der Waals surface area (Å²) in [6.45, 7) is 7.15. The second-order valence-electron chi connectivity index (χ2n) is 4.87. The molecule has 2 heteroatoms. The van der Waals surface area contributed by atoms with Crippen molar-refractivity contribution in [1.82, 2.24) is 0 Å². The van der Waals surface area contributed by atoms with Crippen molar-refractivity contribution in [1.29, 1.82) is 0 Å². The number of hydrogen-bond donors (Lipinski definition) is 0. The summed E-state index contributed by atoms with van der Waals surface area (Å²) >= 11 is 0. The van der Waals surface area contributed by atoms with E-state index in [1.165, 1.54) is 0 Å². The van der Waals surface area contributed by atoms with Crippen LogP contribution in [0.3, 0.4) is 0 Å². The van der Waals surface area contributed by atoms with E-state index in [-0.39, 0.29) is 11.8 Å². The molecule has 0 saturated carbocycles. The molecule has 0 aliphatic rings. The van der Waals surface area contributed by atoms with Crippen molar-refractivity contribution in [2.24, 2.45) is 5.92 Å². The molecule has 1 amide bonds. The fraction of sp³-hybridized carbons (Fsp3) is 0.562. The van der Waals surface area contributed by atoms with Gasteiger partial charge in [0.05, 0.1) is 0 Å². The highest BCUT2D eigenvalue weighted by atomic mass is 16.2. The van der Waals surface area contributed by atoms with Crippen molar-refractivity contribution in [2.45, 2.75) is 46.5 Å². The van der Waals surface area contributed by atoms with Crippen molar-refractivity contribution in [3.05, 3.63) is 30.3 Å². The number of carbonyl (C=O) groups is 1. The summed E-state index contributed by atoms with van der Waals surface area (Å²) in [6, 6.07) is 10.0. The molecule has 1 aromatic rings. The molecule has 0 N–H and O–H groups in total. The molecule has 0 bridgehead atoms. The Bertz CT molecular complexity index is 347. The van der Waals surface area contributed by atoms with Crippen LogP contribution in [0.15, 0.2) is 30.3 Å². The highest BCUT2D eigenvalue weighted by Gasteiger charge is 2.20. The lowest BCUT2D eigenvalue weighted by Crippen LogP contribution is -2.36. The Kier molecular flexibility index (Phi) is 6.48. The molecule has 1 rings (SSSR count). The SMILES string of the molecule is CCCCN(C(=O)C(C)CCC)c1ccccc1. The van der Waals surface area contributed by atoms with Crippen molar-refractivity contribution < 1.29 is 4.79 Å². The summed E-state index contributed by atoms with van der Waals surface area (Å²) in [5, 5.41) is 0. The Morgan fingerprint density at radius 1 is 1.17 bits per heavy atom. The van der Waals surface area contributed by atoms with Crippen LogP contribution in [0.25, 0.3) is 0 Å². The maximum atomic E-state index is 12.5. The smallest absolute Gasteiger partial charge is 0.229 e. The van der Waals surface area contributed by atoms with Crippen LogP contribution >= 0.6 is 0 Å². The van der Waals surface area contributed by atoms with Gasteiger partial charge in [-0.05, 0) is 25.0 Å². The van der Waals surface area contributed by atoms with Crippen LogP contribution < -0.4 is 4.90 Å². The average Bonchev–Trinajstić information content (AvgIpc) is 2.40. The summed E-state index contributed by atoms with van der Waals surface area (Å²) in [5.41, 5.74) is 1.03. The van der Waals surface area contributed by atoms with Gasteiger partial charge in [-0.2, -0.15) is 0 Å². The molecule has 1 atom stereocenters. The molecule has 0 heterocycles. The van der Waals surface area contributed by atoms with E-state index in [1.54, 1.807) is 0 Å². The number of carbonyl (C=O) groups excluding carboxylic acids is 1. The summed E-state index contributed by atoms with van der Waals surface area (Å²) in [5.74, 6) is 0.378. The highest BCUT2D eigenvalue weighted by Crippen LogP contribution is 2.19. The van der Waals surface area contributed by atoms with Crippen LogP contribution in [0.4, 0.5) is 5.69 Å². The maximum Gasteiger partial charge on any atom is 0.229 e. The Morgan fingerprint density at radius 3 is 2.39 bits per heavy atom. The first kappa shape index (κ1) is 14.7. The Labute approximate surface area is 111 Å². The Balaban J connectivity index is 2.81. The minimum atomic E-state index is 0.118. The zero-order valence-electron chi connectivity index (χ0n) is 11.9. The molecule has 1 unspecified atom stereocenters. The van der Waals surface area contributed by atoms with Crippen molar-refractivity contribution >= 4 is 11.6 Å². The van der Waals surface area contributed by atoms with Crippen molar-refractivity contribution in [3.8, 4) is 0 Å². The molecule has 0 radical (unpaired) electrons. The number of para-hydroxylation sites is 1. The molecular formula is C16H25NO. The summed E-state index contributed by atoms with van der Waals surface area (Å²) in [4.78, 5) is 14.4. The summed E-state index contributed by atoms with van der Waals surface area (Å²) in [6.07, 6.45) is 4.19. The molecule has 0 fully saturated rings. The lowest BCUT2D eigenvalue weighted by atomic mass is 10.0. The van der Waals surface area contributed by atoms with E-state index in [2.05, 4.69) is 13.8 Å². The number of hydrogen-bond acceptors (Lipinski definition) is 1. The molecule has 100 valence electrons. The number of rotatable bonds is 7. The molecule has 0 spiro atoms. The van der Waals surface area contributed by atoms with E-state index < -0.39 is 0 Å². The summed E-state index contributed by atoms with van der Waals surface area (Å²) in [7, 11) is 0. The standard InChI is InChI=1S/C16H25NO/c1-4-6-13-17(15-11-8-7-9-12-15)16(18)14(3)10-5-2/h7-9,11-12,14H,4-6,10,13H2,1-3H3. The van der Waals surface area contributed by atoms with Gasteiger partial charge in [-0.3, -0.25) is 4.79 Å². The zero-order valence-corrected chi connectivity index (χ0v) is 11.9. The topological polar surface area (TPSA) is 20.3 Å². The highest BCUT2D eigenvalue weighted by molar-refractivity contribution is 5.94. The van der Waals surface area contributed by atoms with Gasteiger partial charge in [0.15, 0.2) is 0 Å². The van der Waals surface area contributed by atoms with E-state index in [1.807, 2.05) is 42.2 Å². The predicted octanol–water partition coefficient (Wildman–Crippen LogP) is 4.26. The van der Waals surface area contributed by atoms with Crippen LogP contribution in [0.5, 0.6) is 0 Å². The number of anilines is 1. The number of benzene rings is 1. The average molecular weight is 247 g/mol. The largest absolute Gasteiger partial charge is 0.312 e. The van der Waals surface area contributed by atoms with Gasteiger partial charge in [0, 0.05) is 18.2 Å². The monoisotopic (exact) mass is 247 g/mol. The number of unbranched alkanes of at least 4 members (excludes halogenated alkanes) is 1. The van der Waals surface area contributed by atoms with Gasteiger partial charge in [0.25, 0.3) is 0 Å². The van der Waals surface area contributed by atoms with Gasteiger partial charge < -0.3 is 4.90 Å². The third-order valence-corrected chi connectivity index (χ3v) is 3.21. The van der Waals surface area contributed by atoms with Gasteiger partial charge in [0.2, 0.25) is 5.91 Å². The molecule has 1 aromatic carbocycles. The molecule has 0 aliphatic heterocycles. The van der Waals surface area contributed by atoms with Crippen molar-refractivity contribution in [2.75, 3.05) is 11.4 Å². The van der Waals surface area contributed by atoms with Crippen LogP contribution in [0.1, 0.15) is 46.5 Å². The zero-order chi connectivity index (χ0) is 13.4. The van der Waals surface area contributed by atoms with Crippen LogP contribution in [0.2, 0.25) is 0 Å². The summed E-state index contributed by atoms with van der Waals surface area (Å²) < 4.78 is 0. The van der Waals surface area contributed by atoms with E-state index in [0.717, 1.165) is 37.9 Å². The maximum absolute atomic E-state index is 12.5. The molecule has 0 aromatic heterocycles. The van der Waals surface area contributed by atoms with Gasteiger partial charge >= 0.3 is 0 Å². The van der Waals surface area contributed by atoms with E-state index >= 15 is 0 Å². The van der Waals surface area contributed by atoms with E-state index in [0.29, 0.717) is 0 Å². The van der Waals surface area contributed by atoms with E-state index in [9.17, 15) is 4.79 Å². The van der Waals surface area contributed by atoms with E-state index in [4.69, 9.17) is 0 Å². The third kappa shape index (κ3) is 4.17. The number of nitrogens with zero attached hydrogens (tertiary/aromatic N) is 1. The second-order valence-corrected chi connectivity index (χ2v) is 4.87. The Morgan fingerprint density at radius 2 is 1.83 bits per heavy atom. The minimum Gasteiger partial charge on any atom is -0.312 e. The normalized spacial score (nSPS) is 12.2. The lowest BCUT2D eigenvalue weighted by Gasteiger charge is -2.25. The first-order chi connectivity index (χ1) is 8.70. The third-order valence-electron chi connectivity index (χ3n) is 3.21. The van der Waals surface area contributed by atoms with Crippen LogP contribution in [-0.4, -0.2) is 12.5 Å². The van der Waals surface area contributed by atoms with Crippen LogP contribution in [0, 0.1) is 5.92 Å². The fourth-order valence-electron chi connectivity index (χ4n) is 2.11. The number of amides is 1. The molecule has 0 aliphatic carbocycles. The second kappa shape index (κ2) is 7.91. The van der Waals surface area contributed by atoms with Crippen molar-refractivity contribution in [3.63, 3.8) is 0 Å². The molecular weight excluding hydrogens is 222 g/mol. The first-order valence-corrected chi connectivity index (χ1v) is 7.07. The molecule has 0 saturated heterocycles. The van der Waals surface area contributed by atoms with Gasteiger partial charge in [0.1, 0.15) is 0 Å². The fourth-order valence-corrected chi connectivity index (χ4v) is 2.11. The predicted molar refractivity (Wildman–Crippen MR) is 77.8 cm³/mol. The Hall–Kier alpha value is -1.31. The molecule has 2 nitrogen and oxygen atoms in total. The first-order valence-electron chi connectivity index (χ1n) is 7.07. The van der Waals surface area contributed by atoms with Gasteiger partial charge in [-0.15, -0.1) is 0 Å². The quantitative estimate of drug-likeness (QED) is 0.705. The van der Waals surface area contributed by atoms with Gasteiger partial charge in [-0.1, -0.05) is 51.8 Å². The van der Waals surface area contributed by atoms with Gasteiger partial charge in [-0.25, -0.2) is 0 Å². The minimum absolute atomic E-state index is 0.118. The van der Waals surface area contributed by atoms with Crippen LogP contribution in [-0.2, 0) is 4.79 Å². The lowest BCUT2D eigenvalue weighted by molar-refractivity contribution is -0.122.